The van der Waals surface area contributed by atoms with E-state index >= 15 is 0 Å². The minimum atomic E-state index is -0.293. The second-order valence-electron chi connectivity index (χ2n) is 7.94. The first-order valence-electron chi connectivity index (χ1n) is 10.9. The summed E-state index contributed by atoms with van der Waals surface area (Å²) in [5.41, 5.74) is 2.85. The van der Waals surface area contributed by atoms with Gasteiger partial charge < -0.3 is 9.47 Å². The van der Waals surface area contributed by atoms with Gasteiger partial charge in [-0.25, -0.2) is 9.07 Å². The lowest BCUT2D eigenvalue weighted by Crippen LogP contribution is -2.25. The zero-order chi connectivity index (χ0) is 24.1. The minimum Gasteiger partial charge on any atom is -0.493 e. The van der Waals surface area contributed by atoms with Crippen LogP contribution in [0.1, 0.15) is 5.56 Å². The van der Waals surface area contributed by atoms with Crippen LogP contribution in [0.4, 0.5) is 4.39 Å². The SMILES string of the molecule is COc1ccc(CCN(C)Cn2nc(-c3ccccc3)n(-c3ccc(F)cc3)c2=S)cc1OC. The first kappa shape index (κ1) is 23.7. The van der Waals surface area contributed by atoms with Gasteiger partial charge in [0, 0.05) is 12.1 Å². The highest BCUT2D eigenvalue weighted by atomic mass is 32.1. The van der Waals surface area contributed by atoms with Crippen LogP contribution in [0, 0.1) is 10.6 Å². The van der Waals surface area contributed by atoms with E-state index in [1.165, 1.54) is 12.1 Å². The van der Waals surface area contributed by atoms with Gasteiger partial charge in [-0.2, -0.15) is 0 Å². The molecule has 0 unspecified atom stereocenters. The zero-order valence-corrected chi connectivity index (χ0v) is 20.3. The highest BCUT2D eigenvalue weighted by Crippen LogP contribution is 2.28. The van der Waals surface area contributed by atoms with Crippen LogP contribution in [-0.2, 0) is 13.1 Å². The molecule has 0 fully saturated rings. The normalized spacial score (nSPS) is 11.1. The molecule has 6 nitrogen and oxygen atoms in total. The molecule has 4 rings (SSSR count). The number of ether oxygens (including phenoxy) is 2. The van der Waals surface area contributed by atoms with Crippen LogP contribution in [0.15, 0.2) is 72.8 Å². The second kappa shape index (κ2) is 10.6. The first-order chi connectivity index (χ1) is 16.5. The van der Waals surface area contributed by atoms with Gasteiger partial charge in [-0.15, -0.1) is 5.10 Å². The molecular formula is C26H27FN4O2S. The van der Waals surface area contributed by atoms with Gasteiger partial charge in [-0.05, 0) is 67.6 Å². The van der Waals surface area contributed by atoms with E-state index in [1.807, 2.05) is 60.1 Å². The molecule has 4 aromatic rings. The third-order valence-electron chi connectivity index (χ3n) is 5.56. The van der Waals surface area contributed by atoms with Crippen LogP contribution in [0.3, 0.4) is 0 Å². The Morgan fingerprint density at radius 2 is 1.65 bits per heavy atom. The van der Waals surface area contributed by atoms with Crippen molar-refractivity contribution < 1.29 is 13.9 Å². The second-order valence-corrected chi connectivity index (χ2v) is 8.31. The fourth-order valence-electron chi connectivity index (χ4n) is 3.75. The standard InChI is InChI=1S/C26H27FN4O2S/c1-29(16-15-19-9-14-23(32-2)24(17-19)33-3)18-30-26(34)31(22-12-10-21(27)11-13-22)25(28-30)20-7-5-4-6-8-20/h4-14,17H,15-16,18H2,1-3H3. The number of nitrogens with zero attached hydrogens (tertiary/aromatic N) is 4. The number of benzene rings is 3. The van der Waals surface area contributed by atoms with E-state index in [0.717, 1.165) is 35.5 Å². The summed E-state index contributed by atoms with van der Waals surface area (Å²) < 4.78 is 28.5. The van der Waals surface area contributed by atoms with Gasteiger partial charge in [0.15, 0.2) is 17.3 Å². The number of methoxy groups -OCH3 is 2. The Balaban J connectivity index is 1.57. The number of rotatable bonds is 9. The lowest BCUT2D eigenvalue weighted by molar-refractivity contribution is 0.255. The van der Waals surface area contributed by atoms with Crippen molar-refractivity contribution in [2.24, 2.45) is 0 Å². The lowest BCUT2D eigenvalue weighted by atomic mass is 10.1. The van der Waals surface area contributed by atoms with Gasteiger partial charge in [-0.1, -0.05) is 36.4 Å². The molecule has 1 heterocycles. The van der Waals surface area contributed by atoms with Crippen molar-refractivity contribution in [1.29, 1.82) is 0 Å². The molecule has 0 spiro atoms. The predicted molar refractivity (Wildman–Crippen MR) is 134 cm³/mol. The monoisotopic (exact) mass is 478 g/mol. The average Bonchev–Trinajstić information content (AvgIpc) is 3.19. The molecule has 0 aliphatic heterocycles. The number of hydrogen-bond acceptors (Lipinski definition) is 5. The summed E-state index contributed by atoms with van der Waals surface area (Å²) in [6, 6.07) is 22.1. The van der Waals surface area contributed by atoms with Crippen molar-refractivity contribution >= 4 is 12.2 Å². The zero-order valence-electron chi connectivity index (χ0n) is 19.4. The third kappa shape index (κ3) is 5.18. The topological polar surface area (TPSA) is 44.5 Å². The van der Waals surface area contributed by atoms with E-state index < -0.39 is 0 Å². The number of halogens is 1. The van der Waals surface area contributed by atoms with Gasteiger partial charge >= 0.3 is 0 Å². The summed E-state index contributed by atoms with van der Waals surface area (Å²) in [6.07, 6.45) is 0.828. The summed E-state index contributed by atoms with van der Waals surface area (Å²) in [4.78, 5) is 2.16. The van der Waals surface area contributed by atoms with E-state index in [-0.39, 0.29) is 5.82 Å². The number of hydrogen-bond donors (Lipinski definition) is 0. The van der Waals surface area contributed by atoms with E-state index in [0.29, 0.717) is 23.0 Å². The van der Waals surface area contributed by atoms with Gasteiger partial charge in [0.25, 0.3) is 0 Å². The van der Waals surface area contributed by atoms with Gasteiger partial charge in [0.05, 0.1) is 26.6 Å². The predicted octanol–water partition coefficient (Wildman–Crippen LogP) is 5.36. The number of aromatic nitrogens is 3. The summed E-state index contributed by atoms with van der Waals surface area (Å²) in [7, 11) is 5.29. The molecular weight excluding hydrogens is 451 g/mol. The Morgan fingerprint density at radius 3 is 2.32 bits per heavy atom. The van der Waals surface area contributed by atoms with Crippen molar-refractivity contribution in [2.75, 3.05) is 27.8 Å². The van der Waals surface area contributed by atoms with Crippen LogP contribution < -0.4 is 9.47 Å². The molecule has 3 aromatic carbocycles. The van der Waals surface area contributed by atoms with Crippen LogP contribution >= 0.6 is 12.2 Å². The van der Waals surface area contributed by atoms with Crippen LogP contribution in [-0.4, -0.2) is 47.1 Å². The van der Waals surface area contributed by atoms with E-state index in [1.54, 1.807) is 31.0 Å². The number of likely N-dealkylation sites (N-methyl/N-ethyl adjacent to an activating group) is 1. The summed E-state index contributed by atoms with van der Waals surface area (Å²) in [5, 5.41) is 4.83. The maximum absolute atomic E-state index is 13.5. The van der Waals surface area contributed by atoms with Crippen molar-refractivity contribution in [3.8, 4) is 28.6 Å². The van der Waals surface area contributed by atoms with Crippen molar-refractivity contribution in [3.05, 3.63) is 88.9 Å². The van der Waals surface area contributed by atoms with E-state index in [2.05, 4.69) is 4.90 Å². The van der Waals surface area contributed by atoms with Gasteiger partial charge in [0.2, 0.25) is 4.77 Å². The Morgan fingerprint density at radius 1 is 0.941 bits per heavy atom. The smallest absolute Gasteiger partial charge is 0.204 e. The lowest BCUT2D eigenvalue weighted by Gasteiger charge is -2.17. The van der Waals surface area contributed by atoms with Crippen molar-refractivity contribution in [2.45, 2.75) is 13.1 Å². The Kier molecular flexibility index (Phi) is 7.40. The molecule has 1 aromatic heterocycles. The molecule has 0 saturated heterocycles. The van der Waals surface area contributed by atoms with Crippen LogP contribution in [0.5, 0.6) is 11.5 Å². The van der Waals surface area contributed by atoms with E-state index in [4.69, 9.17) is 26.8 Å². The molecule has 0 aliphatic carbocycles. The summed E-state index contributed by atoms with van der Waals surface area (Å²) in [6.45, 7) is 1.31. The molecule has 8 heteroatoms. The van der Waals surface area contributed by atoms with E-state index in [9.17, 15) is 4.39 Å². The van der Waals surface area contributed by atoms with Crippen LogP contribution in [0.2, 0.25) is 0 Å². The largest absolute Gasteiger partial charge is 0.493 e. The van der Waals surface area contributed by atoms with Gasteiger partial charge in [0.1, 0.15) is 5.82 Å². The molecule has 0 radical (unpaired) electrons. The Labute approximate surface area is 203 Å². The quantitative estimate of drug-likeness (QED) is 0.303. The maximum atomic E-state index is 13.5. The molecule has 0 amide bonds. The molecule has 34 heavy (non-hydrogen) atoms. The Hall–Kier alpha value is -3.49. The fraction of sp³-hybridized carbons (Fsp3) is 0.231. The van der Waals surface area contributed by atoms with Gasteiger partial charge in [-0.3, -0.25) is 9.47 Å². The summed E-state index contributed by atoms with van der Waals surface area (Å²) in [5.74, 6) is 1.85. The summed E-state index contributed by atoms with van der Waals surface area (Å²) >= 11 is 5.80. The fourth-order valence-corrected chi connectivity index (χ4v) is 4.04. The molecule has 0 atom stereocenters. The molecule has 0 saturated carbocycles. The first-order valence-corrected chi connectivity index (χ1v) is 11.3. The molecule has 0 N–H and O–H groups in total. The van der Waals surface area contributed by atoms with Crippen molar-refractivity contribution in [1.82, 2.24) is 19.2 Å². The highest BCUT2D eigenvalue weighted by molar-refractivity contribution is 7.71. The Bertz CT molecular complexity index is 1300. The molecule has 0 aliphatic rings. The maximum Gasteiger partial charge on any atom is 0.204 e. The average molecular weight is 479 g/mol. The van der Waals surface area contributed by atoms with Crippen molar-refractivity contribution in [3.63, 3.8) is 0 Å². The third-order valence-corrected chi connectivity index (χ3v) is 5.95. The van der Waals surface area contributed by atoms with Crippen LogP contribution in [0.25, 0.3) is 17.1 Å². The highest BCUT2D eigenvalue weighted by Gasteiger charge is 2.16. The molecule has 176 valence electrons. The minimum absolute atomic E-state index is 0.293. The molecule has 0 bridgehead atoms.